The van der Waals surface area contributed by atoms with E-state index in [0.29, 0.717) is 35.0 Å². The Kier molecular flexibility index (Phi) is 5.31. The van der Waals surface area contributed by atoms with E-state index in [9.17, 15) is 0 Å². The van der Waals surface area contributed by atoms with Crippen LogP contribution in [0.2, 0.25) is 0 Å². The van der Waals surface area contributed by atoms with Crippen LogP contribution in [-0.4, -0.2) is 35.6 Å². The maximum atomic E-state index is 5.93. The van der Waals surface area contributed by atoms with Gasteiger partial charge < -0.3 is 8.94 Å². The van der Waals surface area contributed by atoms with Crippen molar-refractivity contribution in [3.8, 4) is 22.7 Å². The van der Waals surface area contributed by atoms with Crippen LogP contribution in [0.1, 0.15) is 49.8 Å². The molecule has 0 saturated heterocycles. The molecule has 154 valence electrons. The molecule has 4 aromatic rings. The summed E-state index contributed by atoms with van der Waals surface area (Å²) in [4.78, 5) is 0. The number of benzene rings is 1. The number of rotatable bonds is 6. The Morgan fingerprint density at radius 3 is 2.73 bits per heavy atom. The molecule has 3 aromatic heterocycles. The standard InChI is InChI=1S/C20H21N7O2S/c1-13-17(18(24-29-13)14-8-4-2-5-9-14)19-22-21-16(28-19)12-30-20-23-25-26-27(20)15-10-6-3-7-11-15/h2,4-5,8-9,15H,3,6-7,10-12H2,1H3. The third-order valence-corrected chi connectivity index (χ3v) is 6.22. The van der Waals surface area contributed by atoms with Gasteiger partial charge in [0.15, 0.2) is 0 Å². The molecule has 0 radical (unpaired) electrons. The van der Waals surface area contributed by atoms with Crippen LogP contribution >= 0.6 is 11.8 Å². The van der Waals surface area contributed by atoms with Gasteiger partial charge in [0, 0.05) is 5.56 Å². The van der Waals surface area contributed by atoms with Crippen LogP contribution in [0, 0.1) is 6.92 Å². The largest absolute Gasteiger partial charge is 0.420 e. The third kappa shape index (κ3) is 3.74. The molecular formula is C20H21N7O2S. The van der Waals surface area contributed by atoms with Crippen LogP contribution < -0.4 is 0 Å². The van der Waals surface area contributed by atoms with Gasteiger partial charge >= 0.3 is 0 Å². The molecule has 1 aliphatic carbocycles. The predicted molar refractivity (Wildman–Crippen MR) is 109 cm³/mol. The van der Waals surface area contributed by atoms with E-state index in [1.165, 1.54) is 31.0 Å². The second-order valence-electron chi connectivity index (χ2n) is 7.32. The van der Waals surface area contributed by atoms with Crippen LogP contribution in [0.4, 0.5) is 0 Å². The van der Waals surface area contributed by atoms with E-state index in [0.717, 1.165) is 29.1 Å². The van der Waals surface area contributed by atoms with Crippen molar-refractivity contribution in [2.45, 2.75) is 56.0 Å². The summed E-state index contributed by atoms with van der Waals surface area (Å²) in [6.07, 6.45) is 5.99. The minimum absolute atomic E-state index is 0.377. The maximum Gasteiger partial charge on any atom is 0.253 e. The highest BCUT2D eigenvalue weighted by atomic mass is 32.2. The zero-order valence-electron chi connectivity index (χ0n) is 16.6. The van der Waals surface area contributed by atoms with E-state index in [4.69, 9.17) is 8.94 Å². The average Bonchev–Trinajstić information content (AvgIpc) is 3.53. The van der Waals surface area contributed by atoms with Gasteiger partial charge in [0.2, 0.25) is 11.0 Å². The van der Waals surface area contributed by atoms with Crippen LogP contribution in [-0.2, 0) is 5.75 Å². The van der Waals surface area contributed by atoms with Crippen LogP contribution in [0.15, 0.2) is 44.4 Å². The van der Waals surface area contributed by atoms with Crippen molar-refractivity contribution in [1.29, 1.82) is 0 Å². The first-order valence-corrected chi connectivity index (χ1v) is 11.0. The number of hydrogen-bond donors (Lipinski definition) is 0. The summed E-state index contributed by atoms with van der Waals surface area (Å²) < 4.78 is 13.3. The van der Waals surface area contributed by atoms with Crippen molar-refractivity contribution in [2.24, 2.45) is 0 Å². The smallest absolute Gasteiger partial charge is 0.253 e. The van der Waals surface area contributed by atoms with E-state index in [-0.39, 0.29) is 0 Å². The summed E-state index contributed by atoms with van der Waals surface area (Å²) >= 11 is 1.51. The number of nitrogens with zero attached hydrogens (tertiary/aromatic N) is 7. The lowest BCUT2D eigenvalue weighted by molar-refractivity contribution is 0.307. The molecule has 0 spiro atoms. The second kappa shape index (κ2) is 8.39. The number of hydrogen-bond acceptors (Lipinski definition) is 9. The van der Waals surface area contributed by atoms with Gasteiger partial charge in [0.1, 0.15) is 17.0 Å². The molecule has 1 saturated carbocycles. The van der Waals surface area contributed by atoms with Crippen molar-refractivity contribution >= 4 is 11.8 Å². The molecule has 1 aromatic carbocycles. The van der Waals surface area contributed by atoms with Crippen LogP contribution in [0.3, 0.4) is 0 Å². The van der Waals surface area contributed by atoms with E-state index in [2.05, 4.69) is 30.9 Å². The van der Waals surface area contributed by atoms with Gasteiger partial charge in [0.05, 0.1) is 11.8 Å². The predicted octanol–water partition coefficient (Wildman–Crippen LogP) is 4.48. The summed E-state index contributed by atoms with van der Waals surface area (Å²) in [6, 6.07) is 10.2. The molecule has 0 atom stereocenters. The molecule has 0 amide bonds. The lowest BCUT2D eigenvalue weighted by atomic mass is 9.96. The molecule has 30 heavy (non-hydrogen) atoms. The lowest BCUT2D eigenvalue weighted by Crippen LogP contribution is -2.15. The fourth-order valence-corrected chi connectivity index (χ4v) is 4.57. The fourth-order valence-electron chi connectivity index (χ4n) is 3.79. The molecule has 9 nitrogen and oxygen atoms in total. The molecule has 3 heterocycles. The summed E-state index contributed by atoms with van der Waals surface area (Å²) in [5.41, 5.74) is 2.35. The van der Waals surface area contributed by atoms with Crippen LogP contribution in [0.5, 0.6) is 0 Å². The van der Waals surface area contributed by atoms with Crippen molar-refractivity contribution < 1.29 is 8.94 Å². The Bertz CT molecular complexity index is 1120. The van der Waals surface area contributed by atoms with Gasteiger partial charge in [-0.2, -0.15) is 0 Å². The van der Waals surface area contributed by atoms with E-state index in [1.807, 2.05) is 41.9 Å². The molecule has 10 heteroatoms. The highest BCUT2D eigenvalue weighted by Crippen LogP contribution is 2.34. The van der Waals surface area contributed by atoms with Crippen molar-refractivity contribution in [3.05, 3.63) is 42.0 Å². The Morgan fingerprint density at radius 2 is 1.90 bits per heavy atom. The minimum atomic E-state index is 0.377. The van der Waals surface area contributed by atoms with Gasteiger partial charge in [-0.05, 0) is 30.2 Å². The first-order chi connectivity index (χ1) is 14.8. The van der Waals surface area contributed by atoms with Gasteiger partial charge in [0.25, 0.3) is 5.89 Å². The monoisotopic (exact) mass is 423 g/mol. The molecule has 0 unspecified atom stereocenters. The van der Waals surface area contributed by atoms with E-state index >= 15 is 0 Å². The molecular weight excluding hydrogens is 402 g/mol. The Hall–Kier alpha value is -3.01. The molecule has 1 fully saturated rings. The molecule has 0 N–H and O–H groups in total. The summed E-state index contributed by atoms with van der Waals surface area (Å²) in [6.45, 7) is 1.84. The van der Waals surface area contributed by atoms with Gasteiger partial charge in [-0.15, -0.1) is 15.3 Å². The Morgan fingerprint density at radius 1 is 1.07 bits per heavy atom. The zero-order chi connectivity index (χ0) is 20.3. The number of aryl methyl sites for hydroxylation is 1. The van der Waals surface area contributed by atoms with Gasteiger partial charge in [-0.25, -0.2) is 4.68 Å². The lowest BCUT2D eigenvalue weighted by Gasteiger charge is -2.21. The maximum absolute atomic E-state index is 5.93. The average molecular weight is 424 g/mol. The number of tetrazole rings is 1. The van der Waals surface area contributed by atoms with Crippen molar-refractivity contribution in [3.63, 3.8) is 0 Å². The first-order valence-electron chi connectivity index (χ1n) is 10.0. The summed E-state index contributed by atoms with van der Waals surface area (Å²) in [7, 11) is 0. The van der Waals surface area contributed by atoms with E-state index in [1.54, 1.807) is 0 Å². The highest BCUT2D eigenvalue weighted by Gasteiger charge is 2.23. The third-order valence-electron chi connectivity index (χ3n) is 5.30. The first kappa shape index (κ1) is 19.0. The zero-order valence-corrected chi connectivity index (χ0v) is 17.4. The summed E-state index contributed by atoms with van der Waals surface area (Å²) in [5.74, 6) is 2.03. The minimum Gasteiger partial charge on any atom is -0.420 e. The molecule has 5 rings (SSSR count). The highest BCUT2D eigenvalue weighted by molar-refractivity contribution is 7.98. The normalized spacial score (nSPS) is 15.0. The van der Waals surface area contributed by atoms with Gasteiger partial charge in [-0.1, -0.05) is 66.5 Å². The Labute approximate surface area is 177 Å². The van der Waals surface area contributed by atoms with Crippen molar-refractivity contribution in [2.75, 3.05) is 0 Å². The van der Waals surface area contributed by atoms with E-state index < -0.39 is 0 Å². The number of thioether (sulfide) groups is 1. The second-order valence-corrected chi connectivity index (χ2v) is 8.26. The molecule has 0 aliphatic heterocycles. The van der Waals surface area contributed by atoms with Gasteiger partial charge in [-0.3, -0.25) is 0 Å². The van der Waals surface area contributed by atoms with Crippen molar-refractivity contribution in [1.82, 2.24) is 35.6 Å². The summed E-state index contributed by atoms with van der Waals surface area (Å²) in [5, 5.41) is 25.7. The Balaban J connectivity index is 1.33. The SMILES string of the molecule is Cc1onc(-c2ccccc2)c1-c1nnc(CSc2nnnn2C2CCCCC2)o1. The van der Waals surface area contributed by atoms with Crippen LogP contribution in [0.25, 0.3) is 22.7 Å². The topological polar surface area (TPSA) is 109 Å². The molecule has 0 bridgehead atoms. The molecule has 1 aliphatic rings. The number of aromatic nitrogens is 7. The quantitative estimate of drug-likeness (QED) is 0.414. The fraction of sp³-hybridized carbons (Fsp3) is 0.400.